The van der Waals surface area contributed by atoms with Crippen molar-refractivity contribution in [2.24, 2.45) is 5.92 Å². The molecular weight excluding hydrogens is 184 g/mol. The third kappa shape index (κ3) is 8.88. The van der Waals surface area contributed by atoms with Crippen LogP contribution in [0.4, 0.5) is 0 Å². The van der Waals surface area contributed by atoms with Crippen LogP contribution in [0.25, 0.3) is 0 Å². The molecule has 0 amide bonds. The molecule has 0 aromatic heterocycles. The number of nitrogens with one attached hydrogen (secondary N) is 1. The molecule has 2 unspecified atom stereocenters. The molecule has 0 saturated carbocycles. The van der Waals surface area contributed by atoms with Gasteiger partial charge in [-0.1, -0.05) is 27.2 Å². The molecule has 0 aromatic rings. The molecule has 0 aliphatic carbocycles. The first-order valence-electron chi connectivity index (χ1n) is 6.36. The molecule has 0 bridgehead atoms. The smallest absolute Gasteiger partial charge is 0.0199 e. The fraction of sp³-hybridized carbons (Fsp3) is 1.00. The summed E-state index contributed by atoms with van der Waals surface area (Å²) in [4.78, 5) is 2.28. The number of nitrogens with zero attached hydrogens (tertiary/aromatic N) is 1. The molecule has 0 aliphatic heterocycles. The lowest BCUT2D eigenvalue weighted by molar-refractivity contribution is 0.285. The highest BCUT2D eigenvalue weighted by Crippen LogP contribution is 2.07. The normalized spacial score (nSPS) is 16.0. The molecule has 0 spiro atoms. The van der Waals surface area contributed by atoms with Gasteiger partial charge in [-0.2, -0.15) is 0 Å². The lowest BCUT2D eigenvalue weighted by Gasteiger charge is -2.27. The van der Waals surface area contributed by atoms with Crippen molar-refractivity contribution in [2.75, 3.05) is 20.6 Å². The van der Waals surface area contributed by atoms with Crippen LogP contribution in [0.2, 0.25) is 0 Å². The molecule has 0 fully saturated rings. The van der Waals surface area contributed by atoms with E-state index < -0.39 is 0 Å². The maximum Gasteiger partial charge on any atom is 0.0199 e. The summed E-state index contributed by atoms with van der Waals surface area (Å²) in [7, 11) is 4.30. The summed E-state index contributed by atoms with van der Waals surface area (Å²) in [5, 5.41) is 3.74. The number of hydrogen-bond acceptors (Lipinski definition) is 2. The van der Waals surface area contributed by atoms with Crippen LogP contribution in [0.1, 0.15) is 47.0 Å². The molecule has 1 N–H and O–H groups in total. The van der Waals surface area contributed by atoms with Crippen molar-refractivity contribution in [1.82, 2.24) is 10.2 Å². The van der Waals surface area contributed by atoms with Crippen LogP contribution in [-0.2, 0) is 0 Å². The summed E-state index contributed by atoms with van der Waals surface area (Å²) in [6, 6.07) is 1.29. The van der Waals surface area contributed by atoms with Gasteiger partial charge in [-0.3, -0.25) is 0 Å². The highest BCUT2D eigenvalue weighted by molar-refractivity contribution is 4.74. The van der Waals surface area contributed by atoms with Gasteiger partial charge in [-0.15, -0.1) is 0 Å². The fourth-order valence-corrected chi connectivity index (χ4v) is 2.12. The zero-order chi connectivity index (χ0) is 11.8. The van der Waals surface area contributed by atoms with Gasteiger partial charge < -0.3 is 10.2 Å². The lowest BCUT2D eigenvalue weighted by atomic mass is 10.0. The summed E-state index contributed by atoms with van der Waals surface area (Å²) in [6.07, 6.45) is 3.82. The maximum absolute atomic E-state index is 3.74. The van der Waals surface area contributed by atoms with Gasteiger partial charge >= 0.3 is 0 Å². The second-order valence-corrected chi connectivity index (χ2v) is 5.45. The van der Waals surface area contributed by atoms with Crippen molar-refractivity contribution < 1.29 is 0 Å². The van der Waals surface area contributed by atoms with Gasteiger partial charge in [0.05, 0.1) is 0 Å². The minimum atomic E-state index is 0.640. The van der Waals surface area contributed by atoms with Crippen LogP contribution in [0.5, 0.6) is 0 Å². The Morgan fingerprint density at radius 2 is 1.73 bits per heavy atom. The molecule has 2 nitrogen and oxygen atoms in total. The topological polar surface area (TPSA) is 15.3 Å². The van der Waals surface area contributed by atoms with E-state index in [0.717, 1.165) is 12.5 Å². The van der Waals surface area contributed by atoms with E-state index in [4.69, 9.17) is 0 Å². The second-order valence-electron chi connectivity index (χ2n) is 5.45. The summed E-state index contributed by atoms with van der Waals surface area (Å²) in [6.45, 7) is 10.3. The third-order valence-corrected chi connectivity index (χ3v) is 2.58. The van der Waals surface area contributed by atoms with Gasteiger partial charge in [-0.25, -0.2) is 0 Å². The van der Waals surface area contributed by atoms with E-state index in [0.29, 0.717) is 12.1 Å². The highest BCUT2D eigenvalue weighted by Gasteiger charge is 2.13. The first-order valence-corrected chi connectivity index (χ1v) is 6.36. The zero-order valence-electron chi connectivity index (χ0n) is 11.5. The molecule has 0 aromatic carbocycles. The summed E-state index contributed by atoms with van der Waals surface area (Å²) < 4.78 is 0. The van der Waals surface area contributed by atoms with Gasteiger partial charge in [0.1, 0.15) is 0 Å². The van der Waals surface area contributed by atoms with Gasteiger partial charge in [0.2, 0.25) is 0 Å². The van der Waals surface area contributed by atoms with Crippen molar-refractivity contribution in [3.8, 4) is 0 Å². The predicted molar refractivity (Wildman–Crippen MR) is 69.3 cm³/mol. The highest BCUT2D eigenvalue weighted by atomic mass is 15.1. The first kappa shape index (κ1) is 14.9. The van der Waals surface area contributed by atoms with Crippen LogP contribution >= 0.6 is 0 Å². The Labute approximate surface area is 96.4 Å². The number of rotatable bonds is 8. The Bertz CT molecular complexity index is 133. The van der Waals surface area contributed by atoms with Gasteiger partial charge in [-0.05, 0) is 39.8 Å². The van der Waals surface area contributed by atoms with Crippen molar-refractivity contribution in [3.05, 3.63) is 0 Å². The summed E-state index contributed by atoms with van der Waals surface area (Å²) in [5.41, 5.74) is 0. The van der Waals surface area contributed by atoms with Crippen LogP contribution in [-0.4, -0.2) is 37.6 Å². The van der Waals surface area contributed by atoms with Crippen molar-refractivity contribution >= 4 is 0 Å². The van der Waals surface area contributed by atoms with E-state index in [1.807, 2.05) is 0 Å². The maximum atomic E-state index is 3.74. The zero-order valence-corrected chi connectivity index (χ0v) is 11.5. The Morgan fingerprint density at radius 1 is 1.13 bits per heavy atom. The molecule has 0 radical (unpaired) electrons. The van der Waals surface area contributed by atoms with Crippen molar-refractivity contribution in [2.45, 2.75) is 59.0 Å². The molecule has 92 valence electrons. The number of hydrogen-bond donors (Lipinski definition) is 1. The van der Waals surface area contributed by atoms with Crippen LogP contribution < -0.4 is 5.32 Å². The van der Waals surface area contributed by atoms with E-state index in [9.17, 15) is 0 Å². The van der Waals surface area contributed by atoms with Crippen molar-refractivity contribution in [3.63, 3.8) is 0 Å². The quantitative estimate of drug-likeness (QED) is 0.668. The van der Waals surface area contributed by atoms with Gasteiger partial charge in [0, 0.05) is 18.6 Å². The molecule has 2 atom stereocenters. The minimum absolute atomic E-state index is 0.640. The average molecular weight is 214 g/mol. The largest absolute Gasteiger partial charge is 0.310 e. The summed E-state index contributed by atoms with van der Waals surface area (Å²) in [5.74, 6) is 0.774. The molecular formula is C13H30N2. The predicted octanol–water partition coefficient (Wildman–Crippen LogP) is 2.74. The fourth-order valence-electron chi connectivity index (χ4n) is 2.12. The minimum Gasteiger partial charge on any atom is -0.310 e. The molecule has 0 saturated heterocycles. The SMILES string of the molecule is CCCC(C)NC(CC(C)C)CN(C)C. The van der Waals surface area contributed by atoms with E-state index in [-0.39, 0.29) is 0 Å². The Morgan fingerprint density at radius 3 is 2.13 bits per heavy atom. The monoisotopic (exact) mass is 214 g/mol. The van der Waals surface area contributed by atoms with Crippen LogP contribution in [0.15, 0.2) is 0 Å². The third-order valence-electron chi connectivity index (χ3n) is 2.58. The Kier molecular flexibility index (Phi) is 8.07. The standard InChI is InChI=1S/C13H30N2/c1-7-8-12(4)14-13(9-11(2)3)10-15(5)6/h11-14H,7-10H2,1-6H3. The molecule has 0 rings (SSSR count). The van der Waals surface area contributed by atoms with E-state index in [1.54, 1.807) is 0 Å². The second kappa shape index (κ2) is 8.12. The number of likely N-dealkylation sites (N-methyl/N-ethyl adjacent to an activating group) is 1. The van der Waals surface area contributed by atoms with Gasteiger partial charge in [0.15, 0.2) is 0 Å². The first-order chi connectivity index (χ1) is 6.95. The summed E-state index contributed by atoms with van der Waals surface area (Å²) >= 11 is 0. The van der Waals surface area contributed by atoms with E-state index >= 15 is 0 Å². The van der Waals surface area contributed by atoms with Crippen molar-refractivity contribution in [1.29, 1.82) is 0 Å². The molecule has 0 heterocycles. The molecule has 15 heavy (non-hydrogen) atoms. The van der Waals surface area contributed by atoms with Crippen LogP contribution in [0.3, 0.4) is 0 Å². The van der Waals surface area contributed by atoms with Gasteiger partial charge in [0.25, 0.3) is 0 Å². The Hall–Kier alpha value is -0.0800. The van der Waals surface area contributed by atoms with Crippen LogP contribution in [0, 0.1) is 5.92 Å². The van der Waals surface area contributed by atoms with E-state index in [2.05, 4.69) is 52.0 Å². The Balaban J connectivity index is 3.99. The molecule has 0 aliphatic rings. The van der Waals surface area contributed by atoms with E-state index in [1.165, 1.54) is 19.3 Å². The average Bonchev–Trinajstić information content (AvgIpc) is 2.00. The molecule has 2 heteroatoms. The lowest BCUT2D eigenvalue weighted by Crippen LogP contribution is -2.43.